The summed E-state index contributed by atoms with van der Waals surface area (Å²) in [7, 11) is 1.73. The molecule has 0 aliphatic rings. The fraction of sp³-hybridized carbons (Fsp3) is 0.105. The standard InChI is InChI=1S/C19H17N5O/c1-23-17(9-11-20-23)19(25)21-18-10-12-24(22-18)13-15-7-4-6-14-5-2-3-8-16(14)15/h2-12H,13H2,1H3,(H,21,22,25). The smallest absolute Gasteiger partial charge is 0.275 e. The number of aromatic nitrogens is 4. The van der Waals surface area contributed by atoms with Gasteiger partial charge in [-0.05, 0) is 22.4 Å². The third-order valence-corrected chi connectivity index (χ3v) is 4.15. The number of aryl methyl sites for hydroxylation is 1. The number of benzene rings is 2. The first-order valence-electron chi connectivity index (χ1n) is 8.00. The summed E-state index contributed by atoms with van der Waals surface area (Å²) in [6.45, 7) is 0.642. The highest BCUT2D eigenvalue weighted by molar-refractivity contribution is 6.02. The zero-order valence-electron chi connectivity index (χ0n) is 13.8. The van der Waals surface area contributed by atoms with Gasteiger partial charge >= 0.3 is 0 Å². The Hall–Kier alpha value is -3.41. The van der Waals surface area contributed by atoms with Gasteiger partial charge in [0.1, 0.15) is 5.69 Å². The van der Waals surface area contributed by atoms with Gasteiger partial charge in [0, 0.05) is 25.5 Å². The number of carbonyl (C=O) groups excluding carboxylic acids is 1. The molecule has 0 fully saturated rings. The number of amides is 1. The van der Waals surface area contributed by atoms with E-state index in [0.717, 1.165) is 0 Å². The molecule has 2 aromatic heterocycles. The molecule has 0 radical (unpaired) electrons. The van der Waals surface area contributed by atoms with Gasteiger partial charge < -0.3 is 5.32 Å². The van der Waals surface area contributed by atoms with E-state index in [2.05, 4.69) is 39.8 Å². The average Bonchev–Trinajstić information content (AvgIpc) is 3.24. The minimum absolute atomic E-state index is 0.226. The summed E-state index contributed by atoms with van der Waals surface area (Å²) in [5, 5.41) is 13.7. The second-order valence-electron chi connectivity index (χ2n) is 5.83. The van der Waals surface area contributed by atoms with E-state index < -0.39 is 0 Å². The Kier molecular flexibility index (Phi) is 3.78. The Morgan fingerprint density at radius 1 is 1.08 bits per heavy atom. The number of fused-ring (bicyclic) bond motifs is 1. The summed E-state index contributed by atoms with van der Waals surface area (Å²) in [6, 6.07) is 18.0. The quantitative estimate of drug-likeness (QED) is 0.625. The topological polar surface area (TPSA) is 64.7 Å². The largest absolute Gasteiger partial charge is 0.304 e. The predicted molar refractivity (Wildman–Crippen MR) is 96.4 cm³/mol. The lowest BCUT2D eigenvalue weighted by Gasteiger charge is -2.07. The summed E-state index contributed by atoms with van der Waals surface area (Å²) in [5.74, 6) is 0.293. The molecule has 2 heterocycles. The van der Waals surface area contributed by atoms with E-state index in [0.29, 0.717) is 18.1 Å². The van der Waals surface area contributed by atoms with Crippen LogP contribution in [0.2, 0.25) is 0 Å². The Balaban J connectivity index is 1.53. The molecule has 6 heteroatoms. The van der Waals surface area contributed by atoms with E-state index >= 15 is 0 Å². The lowest BCUT2D eigenvalue weighted by atomic mass is 10.0. The summed E-state index contributed by atoms with van der Waals surface area (Å²) in [6.07, 6.45) is 3.45. The molecule has 0 atom stereocenters. The minimum atomic E-state index is -0.226. The van der Waals surface area contributed by atoms with Crippen LogP contribution in [0.25, 0.3) is 10.8 Å². The van der Waals surface area contributed by atoms with Crippen molar-refractivity contribution >= 4 is 22.5 Å². The first kappa shape index (κ1) is 15.1. The van der Waals surface area contributed by atoms with Crippen molar-refractivity contribution in [1.82, 2.24) is 19.6 Å². The Morgan fingerprint density at radius 2 is 1.92 bits per heavy atom. The van der Waals surface area contributed by atoms with Gasteiger partial charge in [0.15, 0.2) is 5.82 Å². The molecule has 0 spiro atoms. The number of nitrogens with one attached hydrogen (secondary N) is 1. The highest BCUT2D eigenvalue weighted by Crippen LogP contribution is 2.19. The number of anilines is 1. The molecule has 1 amide bonds. The van der Waals surface area contributed by atoms with Gasteiger partial charge in [-0.2, -0.15) is 10.2 Å². The number of hydrogen-bond donors (Lipinski definition) is 1. The summed E-state index contributed by atoms with van der Waals surface area (Å²) in [5.41, 5.74) is 1.68. The highest BCUT2D eigenvalue weighted by Gasteiger charge is 2.11. The van der Waals surface area contributed by atoms with Crippen LogP contribution in [0.1, 0.15) is 16.1 Å². The molecule has 124 valence electrons. The molecule has 2 aromatic carbocycles. The van der Waals surface area contributed by atoms with Crippen LogP contribution in [0.5, 0.6) is 0 Å². The van der Waals surface area contributed by atoms with Crippen LogP contribution in [-0.4, -0.2) is 25.5 Å². The van der Waals surface area contributed by atoms with E-state index in [9.17, 15) is 4.79 Å². The molecule has 0 saturated carbocycles. The summed E-state index contributed by atoms with van der Waals surface area (Å²) in [4.78, 5) is 12.2. The first-order valence-corrected chi connectivity index (χ1v) is 8.00. The van der Waals surface area contributed by atoms with Gasteiger partial charge in [0.05, 0.1) is 6.54 Å². The lowest BCUT2D eigenvalue weighted by Crippen LogP contribution is -2.16. The molecule has 25 heavy (non-hydrogen) atoms. The van der Waals surface area contributed by atoms with Crippen LogP contribution in [0.15, 0.2) is 67.0 Å². The van der Waals surface area contributed by atoms with Crippen LogP contribution in [0.3, 0.4) is 0 Å². The van der Waals surface area contributed by atoms with E-state index in [1.54, 1.807) is 25.4 Å². The van der Waals surface area contributed by atoms with Crippen LogP contribution < -0.4 is 5.32 Å². The van der Waals surface area contributed by atoms with E-state index in [1.165, 1.54) is 21.0 Å². The van der Waals surface area contributed by atoms with Gasteiger partial charge in [-0.1, -0.05) is 42.5 Å². The Morgan fingerprint density at radius 3 is 2.76 bits per heavy atom. The first-order chi connectivity index (χ1) is 12.2. The highest BCUT2D eigenvalue weighted by atomic mass is 16.2. The van der Waals surface area contributed by atoms with Crippen LogP contribution in [-0.2, 0) is 13.6 Å². The third-order valence-electron chi connectivity index (χ3n) is 4.15. The van der Waals surface area contributed by atoms with Crippen LogP contribution in [0.4, 0.5) is 5.82 Å². The third kappa shape index (κ3) is 3.01. The average molecular weight is 331 g/mol. The van der Waals surface area contributed by atoms with Gasteiger partial charge in [-0.15, -0.1) is 0 Å². The van der Waals surface area contributed by atoms with E-state index in [1.807, 2.05) is 29.1 Å². The van der Waals surface area contributed by atoms with Gasteiger partial charge in [-0.3, -0.25) is 14.2 Å². The molecule has 0 aliphatic heterocycles. The Bertz CT molecular complexity index is 1040. The fourth-order valence-electron chi connectivity index (χ4n) is 2.90. The fourth-order valence-corrected chi connectivity index (χ4v) is 2.90. The number of carbonyl (C=O) groups is 1. The molecular formula is C19H17N5O. The van der Waals surface area contributed by atoms with Crippen LogP contribution in [0, 0.1) is 0 Å². The number of nitrogens with zero attached hydrogens (tertiary/aromatic N) is 4. The lowest BCUT2D eigenvalue weighted by molar-refractivity contribution is 0.101. The van der Waals surface area contributed by atoms with Crippen molar-refractivity contribution in [2.24, 2.45) is 7.05 Å². The molecule has 0 aliphatic carbocycles. The van der Waals surface area contributed by atoms with Crippen molar-refractivity contribution in [3.8, 4) is 0 Å². The van der Waals surface area contributed by atoms with Crippen molar-refractivity contribution < 1.29 is 4.79 Å². The summed E-state index contributed by atoms with van der Waals surface area (Å²) < 4.78 is 3.35. The monoisotopic (exact) mass is 331 g/mol. The van der Waals surface area contributed by atoms with Gasteiger partial charge in [0.2, 0.25) is 0 Å². The maximum absolute atomic E-state index is 12.2. The van der Waals surface area contributed by atoms with Crippen molar-refractivity contribution in [3.05, 3.63) is 78.2 Å². The predicted octanol–water partition coefficient (Wildman–Crippen LogP) is 3.07. The molecule has 0 unspecified atom stereocenters. The number of hydrogen-bond acceptors (Lipinski definition) is 3. The second kappa shape index (κ2) is 6.24. The van der Waals surface area contributed by atoms with E-state index in [4.69, 9.17) is 0 Å². The van der Waals surface area contributed by atoms with Gasteiger partial charge in [0.25, 0.3) is 5.91 Å². The molecule has 0 bridgehead atoms. The Labute approximate surface area is 144 Å². The molecule has 4 aromatic rings. The maximum atomic E-state index is 12.2. The zero-order valence-corrected chi connectivity index (χ0v) is 13.8. The van der Waals surface area contributed by atoms with Crippen molar-refractivity contribution in [3.63, 3.8) is 0 Å². The van der Waals surface area contributed by atoms with E-state index in [-0.39, 0.29) is 5.91 Å². The van der Waals surface area contributed by atoms with Crippen molar-refractivity contribution in [2.75, 3.05) is 5.32 Å². The zero-order chi connectivity index (χ0) is 17.2. The molecule has 1 N–H and O–H groups in total. The summed E-state index contributed by atoms with van der Waals surface area (Å²) >= 11 is 0. The minimum Gasteiger partial charge on any atom is -0.304 e. The van der Waals surface area contributed by atoms with Crippen molar-refractivity contribution in [2.45, 2.75) is 6.54 Å². The molecule has 0 saturated heterocycles. The van der Waals surface area contributed by atoms with Crippen molar-refractivity contribution in [1.29, 1.82) is 0 Å². The van der Waals surface area contributed by atoms with Crippen LogP contribution >= 0.6 is 0 Å². The SMILES string of the molecule is Cn1nccc1C(=O)Nc1ccn(Cc2cccc3ccccc23)n1. The second-order valence-corrected chi connectivity index (χ2v) is 5.83. The molecular weight excluding hydrogens is 314 g/mol. The maximum Gasteiger partial charge on any atom is 0.275 e. The molecule has 4 rings (SSSR count). The normalized spacial score (nSPS) is 10.9. The molecule has 6 nitrogen and oxygen atoms in total. The number of rotatable bonds is 4. The van der Waals surface area contributed by atoms with Gasteiger partial charge in [-0.25, -0.2) is 0 Å².